The molecule has 0 aromatic rings. The Morgan fingerprint density at radius 3 is 2.84 bits per heavy atom. The fourth-order valence-electron chi connectivity index (χ4n) is 2.62. The van der Waals surface area contributed by atoms with Crippen molar-refractivity contribution in [2.24, 2.45) is 5.92 Å². The van der Waals surface area contributed by atoms with E-state index in [9.17, 15) is 5.11 Å². The Morgan fingerprint density at radius 1 is 1.37 bits per heavy atom. The van der Waals surface area contributed by atoms with Gasteiger partial charge in [0, 0.05) is 6.54 Å². The van der Waals surface area contributed by atoms with E-state index in [-0.39, 0.29) is 6.10 Å². The van der Waals surface area contributed by atoms with Gasteiger partial charge < -0.3 is 20.1 Å². The molecular formula is C15H32N2O2. The second-order valence-electron chi connectivity index (χ2n) is 6.24. The Kier molecular flexibility index (Phi) is 8.62. The molecule has 0 amide bonds. The number of ether oxygens (including phenoxy) is 1. The summed E-state index contributed by atoms with van der Waals surface area (Å²) in [6.45, 7) is 5.43. The number of hydrogen-bond donors (Lipinski definition) is 2. The van der Waals surface area contributed by atoms with Crippen LogP contribution in [0.4, 0.5) is 0 Å². The van der Waals surface area contributed by atoms with Crippen LogP contribution in [0.25, 0.3) is 0 Å². The van der Waals surface area contributed by atoms with Crippen LogP contribution in [0.2, 0.25) is 0 Å². The highest BCUT2D eigenvalue weighted by Crippen LogP contribution is 2.25. The third-order valence-corrected chi connectivity index (χ3v) is 3.75. The van der Waals surface area contributed by atoms with Gasteiger partial charge in [0.1, 0.15) is 0 Å². The second kappa shape index (κ2) is 9.70. The Balaban J connectivity index is 1.96. The van der Waals surface area contributed by atoms with E-state index >= 15 is 0 Å². The van der Waals surface area contributed by atoms with Crippen molar-refractivity contribution in [3.8, 4) is 0 Å². The van der Waals surface area contributed by atoms with Crippen molar-refractivity contribution in [1.82, 2.24) is 10.2 Å². The van der Waals surface area contributed by atoms with E-state index in [2.05, 4.69) is 31.2 Å². The quantitative estimate of drug-likeness (QED) is 0.624. The monoisotopic (exact) mass is 272 g/mol. The Morgan fingerprint density at radius 2 is 2.16 bits per heavy atom. The van der Waals surface area contributed by atoms with Crippen LogP contribution in [0.15, 0.2) is 0 Å². The molecule has 0 radical (unpaired) electrons. The van der Waals surface area contributed by atoms with E-state index in [4.69, 9.17) is 4.74 Å². The summed E-state index contributed by atoms with van der Waals surface area (Å²) in [5.74, 6) is 0.778. The van der Waals surface area contributed by atoms with Crippen LogP contribution in [-0.4, -0.2) is 62.6 Å². The van der Waals surface area contributed by atoms with Gasteiger partial charge in [-0.2, -0.15) is 0 Å². The van der Waals surface area contributed by atoms with Crippen molar-refractivity contribution in [2.45, 2.75) is 51.2 Å². The zero-order valence-corrected chi connectivity index (χ0v) is 12.9. The van der Waals surface area contributed by atoms with Crippen molar-refractivity contribution in [1.29, 1.82) is 0 Å². The molecule has 3 unspecified atom stereocenters. The van der Waals surface area contributed by atoms with Crippen molar-refractivity contribution in [3.63, 3.8) is 0 Å². The lowest BCUT2D eigenvalue weighted by Crippen LogP contribution is -2.34. The summed E-state index contributed by atoms with van der Waals surface area (Å²) in [5.41, 5.74) is 0. The number of aliphatic hydroxyl groups excluding tert-OH is 1. The molecule has 0 bridgehead atoms. The van der Waals surface area contributed by atoms with Gasteiger partial charge in [0.2, 0.25) is 0 Å². The zero-order chi connectivity index (χ0) is 14.1. The summed E-state index contributed by atoms with van der Waals surface area (Å²) >= 11 is 0. The Labute approximate surface area is 118 Å². The van der Waals surface area contributed by atoms with Crippen LogP contribution in [0, 0.1) is 5.92 Å². The molecule has 0 heterocycles. The van der Waals surface area contributed by atoms with Crippen LogP contribution < -0.4 is 5.32 Å². The Bertz CT molecular complexity index is 224. The minimum Gasteiger partial charge on any atom is -0.389 e. The van der Waals surface area contributed by atoms with Gasteiger partial charge in [0.15, 0.2) is 0 Å². The van der Waals surface area contributed by atoms with E-state index < -0.39 is 0 Å². The lowest BCUT2D eigenvalue weighted by molar-refractivity contribution is -0.0305. The molecular weight excluding hydrogens is 240 g/mol. The van der Waals surface area contributed by atoms with E-state index in [0.29, 0.717) is 19.3 Å². The molecule has 0 aromatic carbocycles. The van der Waals surface area contributed by atoms with Gasteiger partial charge in [-0.15, -0.1) is 0 Å². The van der Waals surface area contributed by atoms with Crippen molar-refractivity contribution in [3.05, 3.63) is 0 Å². The molecule has 1 rings (SSSR count). The molecule has 2 N–H and O–H groups in total. The van der Waals surface area contributed by atoms with Crippen LogP contribution in [-0.2, 0) is 4.74 Å². The molecule has 0 aliphatic heterocycles. The normalized spacial score (nSPS) is 25.7. The fourth-order valence-corrected chi connectivity index (χ4v) is 2.62. The zero-order valence-electron chi connectivity index (χ0n) is 12.9. The summed E-state index contributed by atoms with van der Waals surface area (Å²) in [5, 5.41) is 13.1. The number of aliphatic hydroxyl groups is 1. The van der Waals surface area contributed by atoms with Gasteiger partial charge >= 0.3 is 0 Å². The van der Waals surface area contributed by atoms with E-state index in [1.54, 1.807) is 0 Å². The number of nitrogens with one attached hydrogen (secondary N) is 1. The largest absolute Gasteiger partial charge is 0.389 e. The van der Waals surface area contributed by atoms with Gasteiger partial charge in [0.05, 0.1) is 18.8 Å². The number of nitrogens with zero attached hydrogens (tertiary/aromatic N) is 1. The highest BCUT2D eigenvalue weighted by atomic mass is 16.5. The lowest BCUT2D eigenvalue weighted by atomic mass is 9.89. The van der Waals surface area contributed by atoms with Gasteiger partial charge in [-0.1, -0.05) is 19.8 Å². The van der Waals surface area contributed by atoms with E-state index in [1.165, 1.54) is 12.8 Å². The summed E-state index contributed by atoms with van der Waals surface area (Å²) in [6, 6.07) is 0. The van der Waals surface area contributed by atoms with Gasteiger partial charge in [-0.3, -0.25) is 0 Å². The minimum absolute atomic E-state index is 0.368. The van der Waals surface area contributed by atoms with Crippen LogP contribution in [0.1, 0.15) is 39.0 Å². The van der Waals surface area contributed by atoms with Crippen LogP contribution in [0.3, 0.4) is 0 Å². The molecule has 1 saturated carbocycles. The van der Waals surface area contributed by atoms with Crippen LogP contribution >= 0.6 is 0 Å². The predicted molar refractivity (Wildman–Crippen MR) is 79.4 cm³/mol. The van der Waals surface area contributed by atoms with Gasteiger partial charge in [-0.05, 0) is 52.4 Å². The third kappa shape index (κ3) is 8.58. The summed E-state index contributed by atoms with van der Waals surface area (Å²) in [4.78, 5) is 2.17. The lowest BCUT2D eigenvalue weighted by Gasteiger charge is -2.27. The predicted octanol–water partition coefficient (Wildman–Crippen LogP) is 1.48. The molecule has 1 fully saturated rings. The van der Waals surface area contributed by atoms with Gasteiger partial charge in [-0.25, -0.2) is 0 Å². The molecule has 4 nitrogen and oxygen atoms in total. The van der Waals surface area contributed by atoms with Crippen molar-refractivity contribution < 1.29 is 9.84 Å². The standard InChI is InChI=1S/C15H32N2O2/c1-13-6-4-7-15(10-13)19-12-14(18)11-16-8-5-9-17(2)3/h13-16,18H,4-12H2,1-3H3. The number of hydrogen-bond acceptors (Lipinski definition) is 4. The second-order valence-corrected chi connectivity index (χ2v) is 6.24. The first kappa shape index (κ1) is 16.9. The van der Waals surface area contributed by atoms with Crippen molar-refractivity contribution in [2.75, 3.05) is 40.3 Å². The summed E-state index contributed by atoms with van der Waals surface area (Å²) in [7, 11) is 4.15. The molecule has 19 heavy (non-hydrogen) atoms. The highest BCUT2D eigenvalue weighted by Gasteiger charge is 2.20. The summed E-state index contributed by atoms with van der Waals surface area (Å²) < 4.78 is 5.81. The smallest absolute Gasteiger partial charge is 0.0897 e. The fraction of sp³-hybridized carbons (Fsp3) is 1.00. The molecule has 0 aromatic heterocycles. The SMILES string of the molecule is CC1CCCC(OCC(O)CNCCCN(C)C)C1. The van der Waals surface area contributed by atoms with E-state index in [0.717, 1.165) is 38.3 Å². The molecule has 3 atom stereocenters. The minimum atomic E-state index is -0.378. The Hall–Kier alpha value is -0.160. The topological polar surface area (TPSA) is 44.7 Å². The average molecular weight is 272 g/mol. The maximum Gasteiger partial charge on any atom is 0.0897 e. The first-order chi connectivity index (χ1) is 9.08. The molecule has 114 valence electrons. The first-order valence-corrected chi connectivity index (χ1v) is 7.73. The maximum atomic E-state index is 9.86. The highest BCUT2D eigenvalue weighted by molar-refractivity contribution is 4.71. The molecule has 4 heteroatoms. The van der Waals surface area contributed by atoms with Crippen LogP contribution in [0.5, 0.6) is 0 Å². The molecule has 1 aliphatic carbocycles. The first-order valence-electron chi connectivity index (χ1n) is 7.73. The van der Waals surface area contributed by atoms with E-state index in [1.807, 2.05) is 0 Å². The van der Waals surface area contributed by atoms with Crippen molar-refractivity contribution >= 4 is 0 Å². The number of rotatable bonds is 9. The molecule has 0 spiro atoms. The third-order valence-electron chi connectivity index (χ3n) is 3.75. The molecule has 1 aliphatic rings. The van der Waals surface area contributed by atoms with Gasteiger partial charge in [0.25, 0.3) is 0 Å². The average Bonchev–Trinajstić information content (AvgIpc) is 2.35. The molecule has 0 saturated heterocycles. The summed E-state index contributed by atoms with van der Waals surface area (Å²) in [6.07, 6.45) is 6.01. The maximum absolute atomic E-state index is 9.86.